The molecular weight excluding hydrogens is 240 g/mol. The zero-order valence-electron chi connectivity index (χ0n) is 8.93. The van der Waals surface area contributed by atoms with Gasteiger partial charge in [-0.15, -0.1) is 6.58 Å². The second kappa shape index (κ2) is 11.0. The van der Waals surface area contributed by atoms with Gasteiger partial charge in [0.25, 0.3) is 0 Å². The van der Waals surface area contributed by atoms with Crippen LogP contribution in [0.5, 0.6) is 0 Å². The smallest absolute Gasteiger partial charge is 0.197 e. The Kier molecular flexibility index (Phi) is 10.9. The number of hydrogen-bond donors (Lipinski definition) is 0. The summed E-state index contributed by atoms with van der Waals surface area (Å²) in [7, 11) is 0. The highest BCUT2D eigenvalue weighted by Crippen LogP contribution is 2.10. The Morgan fingerprint density at radius 2 is 1.50 bits per heavy atom. The summed E-state index contributed by atoms with van der Waals surface area (Å²) in [5, 5.41) is 0. The number of allylic oxidation sites excluding steroid dienone is 1. The summed E-state index contributed by atoms with van der Waals surface area (Å²) in [6.07, 6.45) is 12.6. The topological polar surface area (TPSA) is 17.1 Å². The lowest BCUT2D eigenvalue weighted by molar-refractivity contribution is -0.110. The largest absolute Gasteiger partial charge is 0.287 e. The Morgan fingerprint density at radius 1 is 1.00 bits per heavy atom. The number of unbranched alkanes of at least 4 members (excludes halogenated alkanes) is 7. The summed E-state index contributed by atoms with van der Waals surface area (Å²) in [4.78, 5) is 10.6. The van der Waals surface area contributed by atoms with Crippen molar-refractivity contribution in [2.24, 2.45) is 0 Å². The van der Waals surface area contributed by atoms with E-state index >= 15 is 0 Å². The van der Waals surface area contributed by atoms with Crippen LogP contribution in [0.15, 0.2) is 12.7 Å². The molecule has 0 aliphatic rings. The van der Waals surface area contributed by atoms with Gasteiger partial charge in [-0.05, 0) is 35.2 Å². The fraction of sp³-hybridized carbons (Fsp3) is 0.750. The van der Waals surface area contributed by atoms with Crippen LogP contribution >= 0.6 is 15.9 Å². The average Bonchev–Trinajstić information content (AvgIpc) is 2.15. The number of carbonyl (C=O) groups is 1. The number of rotatable bonds is 10. The van der Waals surface area contributed by atoms with Crippen LogP contribution in [0.4, 0.5) is 0 Å². The lowest BCUT2D eigenvalue weighted by Gasteiger charge is -1.99. The molecule has 0 radical (unpaired) electrons. The van der Waals surface area contributed by atoms with Gasteiger partial charge in [0.1, 0.15) is 0 Å². The van der Waals surface area contributed by atoms with Gasteiger partial charge in [-0.25, -0.2) is 0 Å². The summed E-state index contributed by atoms with van der Waals surface area (Å²) >= 11 is 2.94. The maximum absolute atomic E-state index is 10.6. The van der Waals surface area contributed by atoms with Crippen LogP contribution in [0, 0.1) is 0 Å². The number of halogens is 1. The zero-order valence-corrected chi connectivity index (χ0v) is 10.5. The third-order valence-electron chi connectivity index (χ3n) is 2.28. The van der Waals surface area contributed by atoms with Gasteiger partial charge in [-0.3, -0.25) is 4.79 Å². The molecule has 0 aromatic carbocycles. The third-order valence-corrected chi connectivity index (χ3v) is 2.68. The molecule has 0 bridgehead atoms. The fourth-order valence-corrected chi connectivity index (χ4v) is 1.72. The molecule has 0 saturated heterocycles. The Balaban J connectivity index is 2.92. The lowest BCUT2D eigenvalue weighted by atomic mass is 10.1. The highest BCUT2D eigenvalue weighted by Gasteiger charge is 1.95. The molecule has 82 valence electrons. The Labute approximate surface area is 96.1 Å². The minimum absolute atomic E-state index is 0.142. The van der Waals surface area contributed by atoms with E-state index in [0.717, 1.165) is 12.8 Å². The normalized spacial score (nSPS) is 10.1. The van der Waals surface area contributed by atoms with Crippen molar-refractivity contribution >= 4 is 20.6 Å². The van der Waals surface area contributed by atoms with E-state index in [2.05, 4.69) is 22.5 Å². The predicted octanol–water partition coefficient (Wildman–Crippen LogP) is 4.60. The van der Waals surface area contributed by atoms with Crippen LogP contribution in [0.25, 0.3) is 0 Å². The first-order valence-corrected chi connectivity index (χ1v) is 6.36. The van der Waals surface area contributed by atoms with Crippen LogP contribution in [0.3, 0.4) is 0 Å². The fourth-order valence-electron chi connectivity index (χ4n) is 1.44. The third kappa shape index (κ3) is 11.9. The maximum atomic E-state index is 10.6. The van der Waals surface area contributed by atoms with E-state index < -0.39 is 0 Å². The molecule has 0 rings (SSSR count). The minimum atomic E-state index is 0.142. The standard InChI is InChI=1S/C12H21BrO/c1-2-3-4-5-6-7-8-9-10-11-12(13)14/h2H,1,3-11H2. The van der Waals surface area contributed by atoms with Gasteiger partial charge >= 0.3 is 0 Å². The van der Waals surface area contributed by atoms with Gasteiger partial charge in [0.05, 0.1) is 0 Å². The van der Waals surface area contributed by atoms with Crippen molar-refractivity contribution in [1.82, 2.24) is 0 Å². The van der Waals surface area contributed by atoms with E-state index in [0.29, 0.717) is 6.42 Å². The number of hydrogen-bond acceptors (Lipinski definition) is 1. The Hall–Kier alpha value is -0.110. The van der Waals surface area contributed by atoms with E-state index in [9.17, 15) is 4.79 Å². The molecule has 14 heavy (non-hydrogen) atoms. The summed E-state index contributed by atoms with van der Waals surface area (Å²) in [5.74, 6) is 0. The molecule has 0 aliphatic carbocycles. The van der Waals surface area contributed by atoms with Crippen LogP contribution in [-0.2, 0) is 4.79 Å². The molecule has 0 aliphatic heterocycles. The molecule has 0 atom stereocenters. The van der Waals surface area contributed by atoms with Crippen LogP contribution in [0.2, 0.25) is 0 Å². The highest BCUT2D eigenvalue weighted by molar-refractivity contribution is 9.18. The molecule has 0 aromatic rings. The van der Waals surface area contributed by atoms with Crippen LogP contribution < -0.4 is 0 Å². The quantitative estimate of drug-likeness (QED) is 0.319. The molecule has 0 aromatic heterocycles. The van der Waals surface area contributed by atoms with Crippen LogP contribution in [-0.4, -0.2) is 4.69 Å². The Bertz CT molecular complexity index is 154. The number of carbonyl (C=O) groups excluding carboxylic acids is 1. The van der Waals surface area contributed by atoms with Crippen molar-refractivity contribution < 1.29 is 4.79 Å². The van der Waals surface area contributed by atoms with Crippen molar-refractivity contribution in [3.05, 3.63) is 12.7 Å². The predicted molar refractivity (Wildman–Crippen MR) is 65.7 cm³/mol. The van der Waals surface area contributed by atoms with Crippen molar-refractivity contribution in [1.29, 1.82) is 0 Å². The Morgan fingerprint density at radius 3 is 2.00 bits per heavy atom. The summed E-state index contributed by atoms with van der Waals surface area (Å²) < 4.78 is 0.142. The molecule has 1 nitrogen and oxygen atoms in total. The van der Waals surface area contributed by atoms with Gasteiger partial charge in [0.2, 0.25) is 0 Å². The van der Waals surface area contributed by atoms with E-state index in [1.54, 1.807) is 0 Å². The SMILES string of the molecule is C=CCCCCCCCCCC(=O)Br. The average molecular weight is 261 g/mol. The van der Waals surface area contributed by atoms with E-state index in [1.807, 2.05) is 6.08 Å². The van der Waals surface area contributed by atoms with Gasteiger partial charge < -0.3 is 0 Å². The summed E-state index contributed by atoms with van der Waals surface area (Å²) in [5.41, 5.74) is 0. The molecule has 0 fully saturated rings. The molecule has 0 N–H and O–H groups in total. The minimum Gasteiger partial charge on any atom is -0.287 e. The zero-order chi connectivity index (χ0) is 10.6. The summed E-state index contributed by atoms with van der Waals surface area (Å²) in [6.45, 7) is 3.70. The van der Waals surface area contributed by atoms with Gasteiger partial charge in [-0.2, -0.15) is 0 Å². The molecule has 0 amide bonds. The second-order valence-corrected chi connectivity index (χ2v) is 4.54. The first-order valence-electron chi connectivity index (χ1n) is 5.56. The maximum Gasteiger partial charge on any atom is 0.197 e. The van der Waals surface area contributed by atoms with Crippen molar-refractivity contribution in [2.45, 2.75) is 57.8 Å². The first-order chi connectivity index (χ1) is 6.77. The molecule has 0 spiro atoms. The van der Waals surface area contributed by atoms with E-state index in [4.69, 9.17) is 0 Å². The molecule has 0 heterocycles. The van der Waals surface area contributed by atoms with E-state index in [-0.39, 0.29) is 4.69 Å². The summed E-state index contributed by atoms with van der Waals surface area (Å²) in [6, 6.07) is 0. The van der Waals surface area contributed by atoms with Crippen molar-refractivity contribution in [3.8, 4) is 0 Å². The van der Waals surface area contributed by atoms with Gasteiger partial charge in [-0.1, -0.05) is 38.2 Å². The van der Waals surface area contributed by atoms with Crippen molar-refractivity contribution in [2.75, 3.05) is 0 Å². The van der Waals surface area contributed by atoms with E-state index in [1.165, 1.54) is 38.5 Å². The second-order valence-electron chi connectivity index (χ2n) is 3.66. The van der Waals surface area contributed by atoms with Gasteiger partial charge in [0.15, 0.2) is 4.69 Å². The molecule has 0 unspecified atom stereocenters. The van der Waals surface area contributed by atoms with Crippen LogP contribution in [0.1, 0.15) is 57.8 Å². The van der Waals surface area contributed by atoms with Gasteiger partial charge in [0, 0.05) is 6.42 Å². The molecule has 0 saturated carbocycles. The lowest BCUT2D eigenvalue weighted by Crippen LogP contribution is -1.85. The first kappa shape index (κ1) is 13.9. The monoisotopic (exact) mass is 260 g/mol. The molecular formula is C12H21BrO. The van der Waals surface area contributed by atoms with Crippen molar-refractivity contribution in [3.63, 3.8) is 0 Å². The molecule has 2 heteroatoms. The highest BCUT2D eigenvalue weighted by atomic mass is 79.9.